The molecule has 5 nitrogen and oxygen atoms in total. The van der Waals surface area contributed by atoms with Crippen LogP contribution in [0.15, 0.2) is 53.6 Å². The predicted molar refractivity (Wildman–Crippen MR) is 120 cm³/mol. The van der Waals surface area contributed by atoms with Crippen molar-refractivity contribution >= 4 is 28.7 Å². The number of carbonyl (C=O) groups is 1. The van der Waals surface area contributed by atoms with Gasteiger partial charge in [0.05, 0.1) is 6.21 Å². The van der Waals surface area contributed by atoms with Gasteiger partial charge < -0.3 is 9.47 Å². The number of rotatable bonds is 6. The van der Waals surface area contributed by atoms with Gasteiger partial charge in [-0.25, -0.2) is 5.43 Å². The van der Waals surface area contributed by atoms with Crippen LogP contribution in [0.4, 0.5) is 5.69 Å². The van der Waals surface area contributed by atoms with E-state index in [9.17, 15) is 4.79 Å². The molecule has 1 amide bonds. The van der Waals surface area contributed by atoms with Crippen LogP contribution < -0.4 is 10.3 Å². The van der Waals surface area contributed by atoms with E-state index in [2.05, 4.69) is 39.4 Å². The summed E-state index contributed by atoms with van der Waals surface area (Å²) in [4.78, 5) is 14.4. The largest absolute Gasteiger partial charge is 0.378 e. The molecule has 0 atom stereocenters. The molecule has 1 aliphatic rings. The summed E-state index contributed by atoms with van der Waals surface area (Å²) < 4.78 is 2.34. The molecule has 1 aliphatic carbocycles. The number of anilines is 1. The van der Waals surface area contributed by atoms with Crippen molar-refractivity contribution < 1.29 is 4.79 Å². The molecule has 5 heteroatoms. The Hall–Kier alpha value is -3.08. The molecule has 3 aromatic rings. The second kappa shape index (κ2) is 8.52. The van der Waals surface area contributed by atoms with Crippen LogP contribution in [0, 0.1) is 0 Å². The zero-order valence-electron chi connectivity index (χ0n) is 17.2. The molecule has 1 aromatic heterocycles. The Bertz CT molecular complexity index is 1030. The van der Waals surface area contributed by atoms with Crippen molar-refractivity contribution in [3.8, 4) is 0 Å². The predicted octanol–water partition coefficient (Wildman–Crippen LogP) is 4.13. The Labute approximate surface area is 172 Å². The van der Waals surface area contributed by atoms with Gasteiger partial charge in [0.2, 0.25) is 5.91 Å². The highest BCUT2D eigenvalue weighted by atomic mass is 16.2. The van der Waals surface area contributed by atoms with E-state index in [4.69, 9.17) is 0 Å². The second-order valence-electron chi connectivity index (χ2n) is 7.83. The Morgan fingerprint density at radius 3 is 2.66 bits per heavy atom. The van der Waals surface area contributed by atoms with Crippen LogP contribution >= 0.6 is 0 Å². The van der Waals surface area contributed by atoms with Crippen LogP contribution in [0.3, 0.4) is 0 Å². The highest BCUT2D eigenvalue weighted by Crippen LogP contribution is 2.32. The number of nitrogens with zero attached hydrogens (tertiary/aromatic N) is 3. The van der Waals surface area contributed by atoms with Gasteiger partial charge in [-0.2, -0.15) is 5.10 Å². The minimum atomic E-state index is -0.0616. The first-order chi connectivity index (χ1) is 14.1. The third-order valence-electron chi connectivity index (χ3n) is 5.66. The van der Waals surface area contributed by atoms with Crippen molar-refractivity contribution in [2.45, 2.75) is 38.6 Å². The van der Waals surface area contributed by atoms with E-state index in [1.54, 1.807) is 6.21 Å². The number of hydrazone groups is 1. The summed E-state index contributed by atoms with van der Waals surface area (Å²) in [6.45, 7) is 0.689. The number of aryl methyl sites for hydroxylation is 2. The molecular weight excluding hydrogens is 360 g/mol. The minimum Gasteiger partial charge on any atom is -0.378 e. The summed E-state index contributed by atoms with van der Waals surface area (Å²) in [5, 5.41) is 5.47. The van der Waals surface area contributed by atoms with Crippen LogP contribution in [0.25, 0.3) is 10.9 Å². The average molecular weight is 389 g/mol. The average Bonchev–Trinajstić information content (AvgIpc) is 3.06. The first-order valence-electron chi connectivity index (χ1n) is 10.3. The number of benzene rings is 2. The van der Waals surface area contributed by atoms with Crippen LogP contribution in [0.2, 0.25) is 0 Å². The van der Waals surface area contributed by atoms with Crippen molar-refractivity contribution in [2.75, 3.05) is 19.0 Å². The van der Waals surface area contributed by atoms with Crippen LogP contribution in [0.5, 0.6) is 0 Å². The summed E-state index contributed by atoms with van der Waals surface area (Å²) in [6.07, 6.45) is 6.84. The number of fused-ring (bicyclic) bond motifs is 3. The van der Waals surface area contributed by atoms with Gasteiger partial charge in [0.15, 0.2) is 0 Å². The van der Waals surface area contributed by atoms with E-state index in [-0.39, 0.29) is 5.91 Å². The quantitative estimate of drug-likeness (QED) is 0.510. The highest BCUT2D eigenvalue weighted by molar-refractivity contribution is 5.86. The molecule has 0 saturated carbocycles. The monoisotopic (exact) mass is 388 g/mol. The molecule has 0 bridgehead atoms. The third-order valence-corrected chi connectivity index (χ3v) is 5.66. The number of amides is 1. The lowest BCUT2D eigenvalue weighted by atomic mass is 9.95. The van der Waals surface area contributed by atoms with Gasteiger partial charge in [-0.1, -0.05) is 30.3 Å². The van der Waals surface area contributed by atoms with Gasteiger partial charge in [0, 0.05) is 49.3 Å². The zero-order chi connectivity index (χ0) is 20.2. The summed E-state index contributed by atoms with van der Waals surface area (Å²) in [5.74, 6) is -0.0616. The van der Waals surface area contributed by atoms with Gasteiger partial charge in [-0.05, 0) is 55.0 Å². The molecular formula is C24H28N4O. The summed E-state index contributed by atoms with van der Waals surface area (Å²) in [7, 11) is 4.02. The topological polar surface area (TPSA) is 49.6 Å². The number of para-hydroxylation sites is 1. The first-order valence-corrected chi connectivity index (χ1v) is 10.3. The van der Waals surface area contributed by atoms with Gasteiger partial charge in [0.1, 0.15) is 0 Å². The molecule has 1 heterocycles. The summed E-state index contributed by atoms with van der Waals surface area (Å²) >= 11 is 0. The van der Waals surface area contributed by atoms with Crippen molar-refractivity contribution in [3.63, 3.8) is 0 Å². The molecule has 0 radical (unpaired) electrons. The fourth-order valence-corrected chi connectivity index (χ4v) is 4.15. The van der Waals surface area contributed by atoms with E-state index < -0.39 is 0 Å². The van der Waals surface area contributed by atoms with E-state index in [0.29, 0.717) is 13.0 Å². The molecule has 4 rings (SSSR count). The molecule has 1 N–H and O–H groups in total. The maximum absolute atomic E-state index is 12.3. The third kappa shape index (κ3) is 4.19. The number of hydrogen-bond acceptors (Lipinski definition) is 3. The van der Waals surface area contributed by atoms with Crippen molar-refractivity contribution in [2.24, 2.45) is 5.10 Å². The Morgan fingerprint density at radius 1 is 1.10 bits per heavy atom. The van der Waals surface area contributed by atoms with Gasteiger partial charge in [-0.3, -0.25) is 4.79 Å². The molecule has 0 unspecified atom stereocenters. The van der Waals surface area contributed by atoms with Gasteiger partial charge >= 0.3 is 0 Å². The standard InChI is InChI=1S/C24H28N4O/c1-27(2)19-13-11-18(12-14-19)17-25-26-24(29)15-16-28-22-9-5-3-7-20(22)21-8-4-6-10-23(21)28/h3,5,7,9,11-14,17H,4,6,8,10,15-16H2,1-2H3,(H,26,29). The highest BCUT2D eigenvalue weighted by Gasteiger charge is 2.19. The summed E-state index contributed by atoms with van der Waals surface area (Å²) in [6, 6.07) is 16.6. The van der Waals surface area contributed by atoms with E-state index >= 15 is 0 Å². The smallest absolute Gasteiger partial charge is 0.241 e. The Morgan fingerprint density at radius 2 is 1.86 bits per heavy atom. The lowest BCUT2D eigenvalue weighted by Gasteiger charge is -2.15. The zero-order valence-corrected chi connectivity index (χ0v) is 17.2. The normalized spacial score (nSPS) is 13.6. The lowest BCUT2D eigenvalue weighted by Crippen LogP contribution is -2.20. The van der Waals surface area contributed by atoms with Crippen LogP contribution in [-0.4, -0.2) is 30.8 Å². The molecule has 0 aliphatic heterocycles. The fraction of sp³-hybridized carbons (Fsp3) is 0.333. The molecule has 0 fully saturated rings. The van der Waals surface area contributed by atoms with Crippen molar-refractivity contribution in [1.82, 2.24) is 9.99 Å². The van der Waals surface area contributed by atoms with Gasteiger partial charge in [0.25, 0.3) is 0 Å². The maximum atomic E-state index is 12.3. The van der Waals surface area contributed by atoms with Crippen LogP contribution in [0.1, 0.15) is 36.1 Å². The van der Waals surface area contributed by atoms with E-state index in [1.807, 2.05) is 43.3 Å². The molecule has 2 aromatic carbocycles. The first kappa shape index (κ1) is 19.2. The minimum absolute atomic E-state index is 0.0616. The Kier molecular flexibility index (Phi) is 5.65. The van der Waals surface area contributed by atoms with E-state index in [0.717, 1.165) is 24.1 Å². The summed E-state index contributed by atoms with van der Waals surface area (Å²) in [5.41, 5.74) is 8.90. The second-order valence-corrected chi connectivity index (χ2v) is 7.83. The van der Waals surface area contributed by atoms with E-state index in [1.165, 1.54) is 35.0 Å². The van der Waals surface area contributed by atoms with Crippen LogP contribution in [-0.2, 0) is 24.2 Å². The molecule has 0 saturated heterocycles. The van der Waals surface area contributed by atoms with Crippen molar-refractivity contribution in [1.29, 1.82) is 0 Å². The number of aromatic nitrogens is 1. The van der Waals surface area contributed by atoms with Crippen molar-refractivity contribution in [3.05, 3.63) is 65.4 Å². The fourth-order valence-electron chi connectivity index (χ4n) is 4.15. The molecule has 0 spiro atoms. The lowest BCUT2D eigenvalue weighted by molar-refractivity contribution is -0.121. The number of nitrogens with one attached hydrogen (secondary N) is 1. The molecule has 150 valence electrons. The number of hydrogen-bond donors (Lipinski definition) is 1. The number of carbonyl (C=O) groups excluding carboxylic acids is 1. The SMILES string of the molecule is CN(C)c1ccc(C=NNC(=O)CCn2c3c(c4ccccc42)CCCC3)cc1. The van der Waals surface area contributed by atoms with Gasteiger partial charge in [-0.15, -0.1) is 0 Å². The molecule has 29 heavy (non-hydrogen) atoms. The Balaban J connectivity index is 1.39. The maximum Gasteiger partial charge on any atom is 0.241 e.